The van der Waals surface area contributed by atoms with Crippen molar-refractivity contribution in [1.29, 1.82) is 0 Å². The van der Waals surface area contributed by atoms with Crippen LogP contribution in [0.15, 0.2) is 60.9 Å². The van der Waals surface area contributed by atoms with Gasteiger partial charge in [-0.2, -0.15) is 4.98 Å². The predicted octanol–water partition coefficient (Wildman–Crippen LogP) is 3.05. The summed E-state index contributed by atoms with van der Waals surface area (Å²) in [5.41, 5.74) is 6.29. The predicted molar refractivity (Wildman–Crippen MR) is 132 cm³/mol. The number of carbonyl (C=O) groups excluding carboxylic acids is 2. The van der Waals surface area contributed by atoms with Gasteiger partial charge in [-0.25, -0.2) is 4.98 Å². The second kappa shape index (κ2) is 10.9. The number of rotatable bonds is 8. The van der Waals surface area contributed by atoms with Crippen LogP contribution in [0.4, 0.5) is 11.5 Å². The fourth-order valence-electron chi connectivity index (χ4n) is 4.06. The lowest BCUT2D eigenvalue weighted by molar-refractivity contribution is -0.385. The number of carbonyl (C=O) groups is 2. The van der Waals surface area contributed by atoms with Crippen LogP contribution in [0, 0.1) is 16.0 Å². The van der Waals surface area contributed by atoms with Gasteiger partial charge in [-0.3, -0.25) is 19.7 Å². The van der Waals surface area contributed by atoms with Crippen molar-refractivity contribution in [3.05, 3.63) is 82.2 Å². The van der Waals surface area contributed by atoms with Gasteiger partial charge < -0.3 is 20.7 Å². The van der Waals surface area contributed by atoms with Gasteiger partial charge in [0.05, 0.1) is 11.1 Å². The first kappa shape index (κ1) is 24.7. The van der Waals surface area contributed by atoms with Gasteiger partial charge in [0.15, 0.2) is 5.78 Å². The summed E-state index contributed by atoms with van der Waals surface area (Å²) in [7, 11) is 0. The maximum Gasteiger partial charge on any atom is 0.373 e. The Morgan fingerprint density at radius 2 is 1.72 bits per heavy atom. The Hall–Kier alpha value is -4.38. The van der Waals surface area contributed by atoms with E-state index in [4.69, 9.17) is 10.5 Å². The summed E-state index contributed by atoms with van der Waals surface area (Å²) < 4.78 is 5.74. The van der Waals surface area contributed by atoms with Crippen molar-refractivity contribution in [2.75, 3.05) is 18.0 Å². The van der Waals surface area contributed by atoms with Crippen LogP contribution in [0.3, 0.4) is 0 Å². The molecule has 2 heterocycles. The van der Waals surface area contributed by atoms with Crippen molar-refractivity contribution in [1.82, 2.24) is 15.3 Å². The number of nitrogens with one attached hydrogen (secondary N) is 1. The molecular formula is C25H26N6O5. The average Bonchev–Trinajstić information content (AvgIpc) is 2.88. The van der Waals surface area contributed by atoms with Crippen molar-refractivity contribution in [2.24, 2.45) is 11.7 Å². The molecule has 186 valence electrons. The molecule has 1 saturated heterocycles. The Morgan fingerprint density at radius 3 is 2.33 bits per heavy atom. The summed E-state index contributed by atoms with van der Waals surface area (Å²) in [6.45, 7) is 2.50. The topological polar surface area (TPSA) is 154 Å². The number of anilines is 1. The molecular weight excluding hydrogens is 464 g/mol. The van der Waals surface area contributed by atoms with Crippen molar-refractivity contribution in [2.45, 2.75) is 25.9 Å². The van der Waals surface area contributed by atoms with Crippen LogP contribution in [-0.2, 0) is 4.79 Å². The standard InChI is InChI=1S/C25H26N6O5/c1-16(26)29-24(33)19-11-13-30(14-12-19)23-21(31(34)35)25(28-15-27-23)36-20-9-7-18(8-10-20)22(32)17-5-3-2-4-6-17/h2-10,15-16,19H,11-14,26H2,1H3,(H,29,33). The highest BCUT2D eigenvalue weighted by Crippen LogP contribution is 2.37. The van der Waals surface area contributed by atoms with E-state index in [0.717, 1.165) is 0 Å². The van der Waals surface area contributed by atoms with E-state index in [1.807, 2.05) is 6.07 Å². The zero-order valence-electron chi connectivity index (χ0n) is 19.7. The highest BCUT2D eigenvalue weighted by atomic mass is 16.6. The average molecular weight is 491 g/mol. The third-order valence-electron chi connectivity index (χ3n) is 5.85. The molecule has 1 fully saturated rings. The van der Waals surface area contributed by atoms with Crippen LogP contribution in [0.5, 0.6) is 11.6 Å². The lowest BCUT2D eigenvalue weighted by Gasteiger charge is -2.32. The minimum Gasteiger partial charge on any atom is -0.434 e. The number of benzene rings is 2. The second-order valence-electron chi connectivity index (χ2n) is 8.49. The van der Waals surface area contributed by atoms with Crippen LogP contribution in [0.1, 0.15) is 35.7 Å². The van der Waals surface area contributed by atoms with Gasteiger partial charge in [0.2, 0.25) is 11.7 Å². The molecule has 1 atom stereocenters. The molecule has 2 aromatic carbocycles. The molecule has 0 bridgehead atoms. The molecule has 1 amide bonds. The first-order valence-electron chi connectivity index (χ1n) is 11.5. The largest absolute Gasteiger partial charge is 0.434 e. The van der Waals surface area contributed by atoms with E-state index in [1.165, 1.54) is 6.33 Å². The molecule has 0 aliphatic carbocycles. The smallest absolute Gasteiger partial charge is 0.373 e. The van der Waals surface area contributed by atoms with E-state index in [0.29, 0.717) is 42.8 Å². The maximum absolute atomic E-state index is 12.6. The number of ketones is 1. The molecule has 0 radical (unpaired) electrons. The molecule has 11 heteroatoms. The Labute approximate surface area is 207 Å². The molecule has 3 aromatic rings. The summed E-state index contributed by atoms with van der Waals surface area (Å²) in [5, 5.41) is 14.7. The zero-order chi connectivity index (χ0) is 25.7. The van der Waals surface area contributed by atoms with Gasteiger partial charge in [0, 0.05) is 30.1 Å². The van der Waals surface area contributed by atoms with E-state index >= 15 is 0 Å². The summed E-state index contributed by atoms with van der Waals surface area (Å²) in [6.07, 6.45) is 1.78. The van der Waals surface area contributed by atoms with E-state index in [-0.39, 0.29) is 35.0 Å². The van der Waals surface area contributed by atoms with Crippen molar-refractivity contribution >= 4 is 23.2 Å². The Balaban J connectivity index is 1.50. The number of hydrogen-bond acceptors (Lipinski definition) is 9. The van der Waals surface area contributed by atoms with Crippen LogP contribution in [0.25, 0.3) is 0 Å². The van der Waals surface area contributed by atoms with Crippen LogP contribution in [-0.4, -0.2) is 45.8 Å². The summed E-state index contributed by atoms with van der Waals surface area (Å²) in [4.78, 5) is 46.1. The molecule has 36 heavy (non-hydrogen) atoms. The van der Waals surface area contributed by atoms with E-state index in [2.05, 4.69) is 15.3 Å². The van der Waals surface area contributed by atoms with E-state index < -0.39 is 11.1 Å². The van der Waals surface area contributed by atoms with E-state index in [1.54, 1.807) is 60.4 Å². The summed E-state index contributed by atoms with van der Waals surface area (Å²) >= 11 is 0. The number of piperidine rings is 1. The number of nitro groups is 1. The highest BCUT2D eigenvalue weighted by molar-refractivity contribution is 6.09. The number of ether oxygens (including phenoxy) is 1. The summed E-state index contributed by atoms with van der Waals surface area (Å²) in [6, 6.07) is 15.2. The van der Waals surface area contributed by atoms with Crippen molar-refractivity contribution in [3.63, 3.8) is 0 Å². The normalized spacial score (nSPS) is 14.7. The number of aromatic nitrogens is 2. The molecule has 1 aromatic heterocycles. The lowest BCUT2D eigenvalue weighted by atomic mass is 9.95. The third kappa shape index (κ3) is 5.63. The highest BCUT2D eigenvalue weighted by Gasteiger charge is 2.33. The van der Waals surface area contributed by atoms with Crippen LogP contribution < -0.4 is 20.7 Å². The van der Waals surface area contributed by atoms with Gasteiger partial charge in [-0.15, -0.1) is 0 Å². The minimum atomic E-state index is -0.577. The van der Waals surface area contributed by atoms with Gasteiger partial charge in [-0.1, -0.05) is 30.3 Å². The molecule has 1 aliphatic heterocycles. The zero-order valence-corrected chi connectivity index (χ0v) is 19.7. The first-order valence-corrected chi connectivity index (χ1v) is 11.5. The Kier molecular flexibility index (Phi) is 7.50. The molecule has 1 unspecified atom stereocenters. The third-order valence-corrected chi connectivity index (χ3v) is 5.85. The van der Waals surface area contributed by atoms with Gasteiger partial charge in [0.25, 0.3) is 0 Å². The molecule has 0 saturated carbocycles. The fraction of sp³-hybridized carbons (Fsp3) is 0.280. The minimum absolute atomic E-state index is 0.125. The summed E-state index contributed by atoms with van der Waals surface area (Å²) in [5.74, 6) is -0.272. The SMILES string of the molecule is CC(N)NC(=O)C1CCN(c2ncnc(Oc3ccc(C(=O)c4ccccc4)cc3)c2[N+](=O)[O-])CC1. The van der Waals surface area contributed by atoms with Gasteiger partial charge in [-0.05, 0) is 44.0 Å². The Morgan fingerprint density at radius 1 is 1.08 bits per heavy atom. The lowest BCUT2D eigenvalue weighted by Crippen LogP contribution is -2.46. The van der Waals surface area contributed by atoms with Crippen molar-refractivity contribution < 1.29 is 19.2 Å². The molecule has 0 spiro atoms. The van der Waals surface area contributed by atoms with Crippen LogP contribution in [0.2, 0.25) is 0 Å². The number of hydrogen-bond donors (Lipinski definition) is 2. The van der Waals surface area contributed by atoms with Crippen molar-refractivity contribution in [3.8, 4) is 11.6 Å². The van der Waals surface area contributed by atoms with E-state index in [9.17, 15) is 19.7 Å². The molecule has 4 rings (SSSR count). The number of nitrogens with zero attached hydrogens (tertiary/aromatic N) is 4. The second-order valence-corrected chi connectivity index (χ2v) is 8.49. The van der Waals surface area contributed by atoms with Gasteiger partial charge >= 0.3 is 11.6 Å². The molecule has 3 N–H and O–H groups in total. The monoisotopic (exact) mass is 490 g/mol. The fourth-order valence-corrected chi connectivity index (χ4v) is 4.06. The first-order chi connectivity index (χ1) is 17.3. The molecule has 11 nitrogen and oxygen atoms in total. The molecule has 1 aliphatic rings. The quantitative estimate of drug-likeness (QED) is 0.210. The van der Waals surface area contributed by atoms with Gasteiger partial charge in [0.1, 0.15) is 12.1 Å². The Bertz CT molecular complexity index is 1240. The number of nitrogens with two attached hydrogens (primary N) is 1. The van der Waals surface area contributed by atoms with Crippen LogP contribution >= 0.6 is 0 Å². The number of amides is 1. The maximum atomic E-state index is 12.6.